The van der Waals surface area contributed by atoms with Gasteiger partial charge < -0.3 is 10.8 Å². The minimum atomic E-state index is -3.90. The molecule has 2 unspecified atom stereocenters. The van der Waals surface area contributed by atoms with Crippen LogP contribution in [-0.2, 0) is 14.8 Å². The van der Waals surface area contributed by atoms with Gasteiger partial charge in [0.25, 0.3) is 0 Å². The van der Waals surface area contributed by atoms with Crippen LogP contribution < -0.4 is 10.5 Å². The van der Waals surface area contributed by atoms with E-state index >= 15 is 0 Å². The van der Waals surface area contributed by atoms with Crippen molar-refractivity contribution in [1.82, 2.24) is 4.72 Å². The van der Waals surface area contributed by atoms with E-state index in [1.165, 1.54) is 0 Å². The van der Waals surface area contributed by atoms with E-state index in [4.69, 9.17) is 10.8 Å². The smallest absolute Gasteiger partial charge is 0.323 e. The monoisotopic (exact) mass is 252 g/mol. The van der Waals surface area contributed by atoms with Crippen LogP contribution >= 0.6 is 0 Å². The molecule has 6 nitrogen and oxygen atoms in total. The van der Waals surface area contributed by atoms with Crippen molar-refractivity contribution in [3.05, 3.63) is 0 Å². The lowest BCUT2D eigenvalue weighted by Crippen LogP contribution is -2.57. The van der Waals surface area contributed by atoms with Crippen LogP contribution in [0.2, 0.25) is 0 Å². The average Bonchev–Trinajstić information content (AvgIpc) is 2.15. The number of hydrogen-bond donors (Lipinski definition) is 3. The van der Waals surface area contributed by atoms with Crippen LogP contribution in [0.3, 0.4) is 0 Å². The van der Waals surface area contributed by atoms with Gasteiger partial charge in [-0.2, -0.15) is 0 Å². The molecule has 0 aromatic rings. The van der Waals surface area contributed by atoms with Gasteiger partial charge in [-0.15, -0.1) is 0 Å². The first-order chi connectivity index (χ1) is 7.07. The predicted molar refractivity (Wildman–Crippen MR) is 61.5 cm³/mol. The van der Waals surface area contributed by atoms with Gasteiger partial charge in [-0.25, -0.2) is 13.1 Å². The first-order valence-electron chi connectivity index (χ1n) is 5.02. The Balaban J connectivity index is 5.03. The van der Waals surface area contributed by atoms with Crippen molar-refractivity contribution in [1.29, 1.82) is 0 Å². The van der Waals surface area contributed by atoms with E-state index in [-0.39, 0.29) is 12.5 Å². The fraction of sp³-hybridized carbons (Fsp3) is 0.889. The van der Waals surface area contributed by atoms with E-state index in [0.29, 0.717) is 0 Å². The number of aliphatic carboxylic acids is 1. The van der Waals surface area contributed by atoms with Gasteiger partial charge in [-0.1, -0.05) is 13.8 Å². The highest BCUT2D eigenvalue weighted by Gasteiger charge is 2.36. The Morgan fingerprint density at radius 2 is 1.88 bits per heavy atom. The van der Waals surface area contributed by atoms with Crippen LogP contribution in [0.15, 0.2) is 0 Å². The number of nitrogens with one attached hydrogen (secondary N) is 1. The summed E-state index contributed by atoms with van der Waals surface area (Å²) in [7, 11) is -3.90. The third-order valence-electron chi connectivity index (χ3n) is 2.89. The Bertz CT molecular complexity index is 353. The van der Waals surface area contributed by atoms with Crippen molar-refractivity contribution < 1.29 is 18.3 Å². The van der Waals surface area contributed by atoms with Gasteiger partial charge in [0.1, 0.15) is 0 Å². The highest BCUT2D eigenvalue weighted by molar-refractivity contribution is 7.90. The number of carbonyl (C=O) groups is 1. The van der Waals surface area contributed by atoms with Gasteiger partial charge in [-0.05, 0) is 19.8 Å². The molecule has 0 aliphatic carbocycles. The van der Waals surface area contributed by atoms with Crippen LogP contribution in [0.1, 0.15) is 27.7 Å². The normalized spacial score (nSPS) is 18.1. The molecule has 0 radical (unpaired) electrons. The largest absolute Gasteiger partial charge is 0.480 e. The molecule has 7 heteroatoms. The number of carboxylic acids is 1. The second-order valence-corrected chi connectivity index (χ2v) is 6.41. The summed E-state index contributed by atoms with van der Waals surface area (Å²) < 4.78 is 25.8. The quantitative estimate of drug-likeness (QED) is 0.604. The summed E-state index contributed by atoms with van der Waals surface area (Å²) in [5.74, 6) is -1.41. The minimum absolute atomic E-state index is 0.0340. The Hall–Kier alpha value is -0.660. The number of carboxylic acid groups (broad SMARTS) is 1. The minimum Gasteiger partial charge on any atom is -0.480 e. The number of hydrogen-bond acceptors (Lipinski definition) is 4. The summed E-state index contributed by atoms with van der Waals surface area (Å²) in [6.45, 7) is 6.53. The fourth-order valence-electron chi connectivity index (χ4n) is 0.941. The van der Waals surface area contributed by atoms with Crippen LogP contribution in [0.4, 0.5) is 0 Å². The number of nitrogens with two attached hydrogens (primary N) is 1. The molecule has 0 aliphatic rings. The molecule has 0 spiro atoms. The molecule has 0 aromatic carbocycles. The Kier molecular flexibility index (Phi) is 4.90. The summed E-state index contributed by atoms with van der Waals surface area (Å²) in [6, 6.07) is 0. The predicted octanol–water partition coefficient (Wildman–Crippen LogP) is -0.248. The van der Waals surface area contributed by atoms with Crippen molar-refractivity contribution in [2.45, 2.75) is 38.5 Å². The average molecular weight is 252 g/mol. The van der Waals surface area contributed by atoms with Crippen molar-refractivity contribution in [2.75, 3.05) is 6.54 Å². The van der Waals surface area contributed by atoms with Crippen molar-refractivity contribution in [2.24, 2.45) is 11.7 Å². The lowest BCUT2D eigenvalue weighted by atomic mass is 9.90. The zero-order valence-electron chi connectivity index (χ0n) is 10.0. The first kappa shape index (κ1) is 15.3. The Morgan fingerprint density at radius 3 is 2.12 bits per heavy atom. The van der Waals surface area contributed by atoms with Crippen LogP contribution in [0.5, 0.6) is 0 Å². The SMILES string of the molecule is CC(C)C(C)(CN)NS(=O)(=O)C(C)C(=O)O. The maximum Gasteiger partial charge on any atom is 0.323 e. The summed E-state index contributed by atoms with van der Waals surface area (Å²) in [5.41, 5.74) is 4.69. The van der Waals surface area contributed by atoms with E-state index in [9.17, 15) is 13.2 Å². The molecule has 0 heterocycles. The zero-order valence-corrected chi connectivity index (χ0v) is 10.8. The number of rotatable bonds is 6. The van der Waals surface area contributed by atoms with E-state index < -0.39 is 26.8 Å². The molecule has 96 valence electrons. The fourth-order valence-corrected chi connectivity index (χ4v) is 2.35. The van der Waals surface area contributed by atoms with Gasteiger partial charge in [0.2, 0.25) is 10.0 Å². The summed E-state index contributed by atoms with van der Waals surface area (Å²) >= 11 is 0. The molecule has 2 atom stereocenters. The zero-order chi connectivity index (χ0) is 13.1. The first-order valence-corrected chi connectivity index (χ1v) is 6.57. The molecule has 0 saturated carbocycles. The van der Waals surface area contributed by atoms with E-state index in [2.05, 4.69) is 4.72 Å². The van der Waals surface area contributed by atoms with Crippen LogP contribution in [0.25, 0.3) is 0 Å². The maximum absolute atomic E-state index is 11.7. The van der Waals surface area contributed by atoms with Gasteiger partial charge in [0, 0.05) is 12.1 Å². The van der Waals surface area contributed by atoms with Gasteiger partial charge in [0.15, 0.2) is 5.25 Å². The standard InChI is InChI=1S/C9H20N2O4S/c1-6(2)9(4,5-10)11-16(14,15)7(3)8(12)13/h6-7,11H,5,10H2,1-4H3,(H,12,13). The molecule has 4 N–H and O–H groups in total. The van der Waals surface area contributed by atoms with Gasteiger partial charge in [-0.3, -0.25) is 4.79 Å². The van der Waals surface area contributed by atoms with Crippen LogP contribution in [0, 0.1) is 5.92 Å². The highest BCUT2D eigenvalue weighted by atomic mass is 32.2. The summed E-state index contributed by atoms with van der Waals surface area (Å²) in [5, 5.41) is 7.19. The maximum atomic E-state index is 11.7. The molecule has 0 saturated heterocycles. The second kappa shape index (κ2) is 5.11. The molecule has 16 heavy (non-hydrogen) atoms. The third-order valence-corrected chi connectivity index (χ3v) is 4.77. The molecular weight excluding hydrogens is 232 g/mol. The molecule has 0 aromatic heterocycles. The highest BCUT2D eigenvalue weighted by Crippen LogP contribution is 2.17. The van der Waals surface area contributed by atoms with Gasteiger partial charge in [0.05, 0.1) is 0 Å². The number of sulfonamides is 1. The topological polar surface area (TPSA) is 109 Å². The molecule has 0 rings (SSSR count). The van der Waals surface area contributed by atoms with Crippen LogP contribution in [-0.4, -0.2) is 36.8 Å². The van der Waals surface area contributed by atoms with E-state index in [0.717, 1.165) is 6.92 Å². The summed E-state index contributed by atoms with van der Waals surface area (Å²) in [4.78, 5) is 10.6. The molecule has 0 aliphatic heterocycles. The van der Waals surface area contributed by atoms with Crippen molar-refractivity contribution in [3.63, 3.8) is 0 Å². The Labute approximate surface area is 96.3 Å². The van der Waals surface area contributed by atoms with Crippen molar-refractivity contribution >= 4 is 16.0 Å². The Morgan fingerprint density at radius 1 is 1.44 bits per heavy atom. The molecular formula is C9H20N2O4S. The van der Waals surface area contributed by atoms with Crippen molar-refractivity contribution in [3.8, 4) is 0 Å². The second-order valence-electron chi connectivity index (χ2n) is 4.40. The molecule has 0 fully saturated rings. The lowest BCUT2D eigenvalue weighted by molar-refractivity contribution is -0.136. The summed E-state index contributed by atoms with van der Waals surface area (Å²) in [6.07, 6.45) is 0. The van der Waals surface area contributed by atoms with Gasteiger partial charge >= 0.3 is 5.97 Å². The molecule has 0 amide bonds. The van der Waals surface area contributed by atoms with E-state index in [1.807, 2.05) is 13.8 Å². The molecule has 0 bridgehead atoms. The lowest BCUT2D eigenvalue weighted by Gasteiger charge is -2.33. The third kappa shape index (κ3) is 3.43. The van der Waals surface area contributed by atoms with E-state index in [1.54, 1.807) is 6.92 Å².